The number of H-pyrrole nitrogens is 1. The van der Waals surface area contributed by atoms with Gasteiger partial charge >= 0.3 is 0 Å². The maximum absolute atomic E-state index is 12.8. The highest BCUT2D eigenvalue weighted by Gasteiger charge is 2.29. The smallest absolute Gasteiger partial charge is 0.196 e. The van der Waals surface area contributed by atoms with Crippen LogP contribution in [-0.4, -0.2) is 18.6 Å². The molecule has 1 aromatic heterocycles. The van der Waals surface area contributed by atoms with Crippen LogP contribution < -0.4 is 5.46 Å². The summed E-state index contributed by atoms with van der Waals surface area (Å²) in [7, 11) is 2.09. The molecule has 0 aliphatic heterocycles. The van der Waals surface area contributed by atoms with Crippen molar-refractivity contribution in [3.05, 3.63) is 65.7 Å². The van der Waals surface area contributed by atoms with E-state index in [1.54, 1.807) is 0 Å². The van der Waals surface area contributed by atoms with Gasteiger partial charge < -0.3 is 4.98 Å². The van der Waals surface area contributed by atoms with E-state index in [0.717, 1.165) is 38.7 Å². The Morgan fingerprint density at radius 1 is 0.818 bits per heavy atom. The lowest BCUT2D eigenvalue weighted by atomic mass is 9.94. The van der Waals surface area contributed by atoms with E-state index in [4.69, 9.17) is 0 Å². The zero-order valence-electron chi connectivity index (χ0n) is 12.1. The molecule has 22 heavy (non-hydrogen) atoms. The molecule has 2 nitrogen and oxygen atoms in total. The summed E-state index contributed by atoms with van der Waals surface area (Å²) in [5, 5.41) is 2.31. The van der Waals surface area contributed by atoms with Gasteiger partial charge in [0.05, 0.1) is 11.1 Å². The van der Waals surface area contributed by atoms with E-state index in [2.05, 4.69) is 43.2 Å². The summed E-state index contributed by atoms with van der Waals surface area (Å²) in [4.78, 5) is 16.3. The molecule has 0 atom stereocenters. The van der Waals surface area contributed by atoms with E-state index in [-0.39, 0.29) is 5.78 Å². The van der Waals surface area contributed by atoms with Crippen LogP contribution in [0.5, 0.6) is 0 Å². The Kier molecular flexibility index (Phi) is 2.09. The molecule has 1 aliphatic carbocycles. The van der Waals surface area contributed by atoms with Crippen molar-refractivity contribution in [3.8, 4) is 11.1 Å². The predicted molar refractivity (Wildman–Crippen MR) is 92.9 cm³/mol. The summed E-state index contributed by atoms with van der Waals surface area (Å²) in [5.41, 5.74) is 6.96. The number of benzene rings is 3. The van der Waals surface area contributed by atoms with Crippen LogP contribution in [0.25, 0.3) is 32.9 Å². The van der Waals surface area contributed by atoms with E-state index in [0.29, 0.717) is 0 Å². The lowest BCUT2D eigenvalue weighted by molar-refractivity contribution is 0.104. The predicted octanol–water partition coefficient (Wildman–Crippen LogP) is 2.79. The summed E-state index contributed by atoms with van der Waals surface area (Å²) >= 11 is 0. The van der Waals surface area contributed by atoms with Gasteiger partial charge in [-0.05, 0) is 17.2 Å². The van der Waals surface area contributed by atoms with Gasteiger partial charge in [0.25, 0.3) is 0 Å². The van der Waals surface area contributed by atoms with Crippen molar-refractivity contribution in [1.29, 1.82) is 0 Å². The third-order valence-corrected chi connectivity index (χ3v) is 4.62. The van der Waals surface area contributed by atoms with Crippen LogP contribution in [0.3, 0.4) is 0 Å². The molecule has 0 saturated heterocycles. The van der Waals surface area contributed by atoms with Crippen LogP contribution in [-0.2, 0) is 0 Å². The minimum absolute atomic E-state index is 0.125. The first-order valence-electron chi connectivity index (χ1n) is 7.43. The maximum atomic E-state index is 12.8. The molecule has 102 valence electrons. The fourth-order valence-corrected chi connectivity index (χ4v) is 3.59. The van der Waals surface area contributed by atoms with Crippen molar-refractivity contribution < 1.29 is 4.79 Å². The number of fused-ring (bicyclic) bond motifs is 7. The molecular formula is C19H12BNO. The van der Waals surface area contributed by atoms with E-state index < -0.39 is 0 Å². The summed E-state index contributed by atoms with van der Waals surface area (Å²) < 4.78 is 0. The van der Waals surface area contributed by atoms with Crippen molar-refractivity contribution in [2.45, 2.75) is 0 Å². The van der Waals surface area contributed by atoms with Crippen molar-refractivity contribution >= 4 is 40.9 Å². The number of nitrogens with one attached hydrogen (secondary N) is 1. The van der Waals surface area contributed by atoms with E-state index >= 15 is 0 Å². The number of ketones is 1. The van der Waals surface area contributed by atoms with Gasteiger partial charge in [-0.1, -0.05) is 54.0 Å². The van der Waals surface area contributed by atoms with E-state index in [1.165, 1.54) is 10.8 Å². The summed E-state index contributed by atoms with van der Waals surface area (Å²) in [6.45, 7) is 0. The standard InChI is InChI=1S/C19H12BNO/c20-10-5-8-16-15(9-10)13-7-6-12-11-3-1-2-4-14(11)19(22)17(12)18(13)21-16/h1-9,21H,20H2. The number of aromatic nitrogens is 1. The molecule has 0 amide bonds. The second kappa shape index (κ2) is 3.89. The zero-order chi connectivity index (χ0) is 14.8. The normalized spacial score (nSPS) is 12.8. The van der Waals surface area contributed by atoms with Crippen LogP contribution >= 0.6 is 0 Å². The highest BCUT2D eigenvalue weighted by atomic mass is 16.1. The third kappa shape index (κ3) is 1.33. The molecule has 3 heteroatoms. The molecule has 0 fully saturated rings. The molecule has 0 unspecified atom stereocenters. The first kappa shape index (κ1) is 11.8. The fraction of sp³-hybridized carbons (Fsp3) is 0. The topological polar surface area (TPSA) is 32.9 Å². The van der Waals surface area contributed by atoms with Gasteiger partial charge in [0.15, 0.2) is 5.78 Å². The second-order valence-corrected chi connectivity index (χ2v) is 5.96. The highest BCUT2D eigenvalue weighted by molar-refractivity contribution is 6.34. The SMILES string of the molecule is Bc1ccc2[nH]c3c4c(ccc3c2c1)-c1ccccc1C4=O. The Hall–Kier alpha value is -2.81. The molecule has 1 heterocycles. The molecule has 4 aromatic rings. The Bertz CT molecular complexity index is 1110. The quantitative estimate of drug-likeness (QED) is 0.435. The first-order chi connectivity index (χ1) is 10.7. The molecule has 5 rings (SSSR count). The third-order valence-electron chi connectivity index (χ3n) is 4.62. The zero-order valence-corrected chi connectivity index (χ0v) is 12.1. The molecule has 0 radical (unpaired) electrons. The number of rotatable bonds is 0. The molecule has 3 aromatic carbocycles. The number of hydrogen-bond donors (Lipinski definition) is 1. The van der Waals surface area contributed by atoms with E-state index in [9.17, 15) is 4.79 Å². The molecule has 0 saturated carbocycles. The average molecular weight is 281 g/mol. The van der Waals surface area contributed by atoms with Crippen molar-refractivity contribution in [3.63, 3.8) is 0 Å². The maximum Gasteiger partial charge on any atom is 0.196 e. The summed E-state index contributed by atoms with van der Waals surface area (Å²) in [5.74, 6) is 0.125. The highest BCUT2D eigenvalue weighted by Crippen LogP contribution is 2.41. The summed E-state index contributed by atoms with van der Waals surface area (Å²) in [6, 6.07) is 18.4. The van der Waals surface area contributed by atoms with Crippen LogP contribution in [0.2, 0.25) is 0 Å². The summed E-state index contributed by atoms with van der Waals surface area (Å²) in [6.07, 6.45) is 0. The number of carbonyl (C=O) groups excluding carboxylic acids is 1. The van der Waals surface area contributed by atoms with Gasteiger partial charge in [0.2, 0.25) is 0 Å². The van der Waals surface area contributed by atoms with Gasteiger partial charge in [-0.2, -0.15) is 0 Å². The van der Waals surface area contributed by atoms with Gasteiger partial charge in [0.1, 0.15) is 7.85 Å². The van der Waals surface area contributed by atoms with Crippen molar-refractivity contribution in [1.82, 2.24) is 4.98 Å². The minimum atomic E-state index is 0.125. The Morgan fingerprint density at radius 3 is 2.50 bits per heavy atom. The molecule has 0 bridgehead atoms. The monoisotopic (exact) mass is 281 g/mol. The second-order valence-electron chi connectivity index (χ2n) is 5.96. The van der Waals surface area contributed by atoms with Crippen LogP contribution in [0.15, 0.2) is 54.6 Å². The number of hydrogen-bond acceptors (Lipinski definition) is 1. The Labute approximate surface area is 128 Å². The fourth-order valence-electron chi connectivity index (χ4n) is 3.59. The molecular weight excluding hydrogens is 269 g/mol. The number of aromatic amines is 1. The van der Waals surface area contributed by atoms with Gasteiger partial charge in [-0.25, -0.2) is 0 Å². The molecule has 0 spiro atoms. The Morgan fingerprint density at radius 2 is 1.64 bits per heavy atom. The van der Waals surface area contributed by atoms with Gasteiger partial charge in [-0.15, -0.1) is 0 Å². The van der Waals surface area contributed by atoms with Crippen molar-refractivity contribution in [2.75, 3.05) is 0 Å². The van der Waals surface area contributed by atoms with Gasteiger partial charge in [0, 0.05) is 21.9 Å². The lowest BCUT2D eigenvalue weighted by Gasteiger charge is -2.00. The lowest BCUT2D eigenvalue weighted by Crippen LogP contribution is -1.98. The molecule has 1 N–H and O–H groups in total. The number of carbonyl (C=O) groups is 1. The molecule has 1 aliphatic rings. The minimum Gasteiger partial charge on any atom is -0.354 e. The average Bonchev–Trinajstić information content (AvgIpc) is 3.04. The van der Waals surface area contributed by atoms with E-state index in [1.807, 2.05) is 24.3 Å². The van der Waals surface area contributed by atoms with Gasteiger partial charge in [-0.3, -0.25) is 4.79 Å². The largest absolute Gasteiger partial charge is 0.354 e. The van der Waals surface area contributed by atoms with Crippen LogP contribution in [0.1, 0.15) is 15.9 Å². The van der Waals surface area contributed by atoms with Crippen LogP contribution in [0.4, 0.5) is 0 Å². The first-order valence-corrected chi connectivity index (χ1v) is 7.43. The van der Waals surface area contributed by atoms with Crippen LogP contribution in [0, 0.1) is 0 Å². The van der Waals surface area contributed by atoms with Crippen molar-refractivity contribution in [2.24, 2.45) is 0 Å². The Balaban J connectivity index is 1.96.